The lowest BCUT2D eigenvalue weighted by atomic mass is 10.3. The van der Waals surface area contributed by atoms with Crippen molar-refractivity contribution in [2.24, 2.45) is 5.73 Å². The van der Waals surface area contributed by atoms with Gasteiger partial charge >= 0.3 is 0 Å². The Kier molecular flexibility index (Phi) is 5.58. The summed E-state index contributed by atoms with van der Waals surface area (Å²) in [6.45, 7) is 5.33. The molecule has 5 heteroatoms. The van der Waals surface area contributed by atoms with Crippen LogP contribution >= 0.6 is 23.6 Å². The molecule has 0 fully saturated rings. The Morgan fingerprint density at radius 2 is 2.18 bits per heavy atom. The van der Waals surface area contributed by atoms with Gasteiger partial charge < -0.3 is 10.6 Å². The lowest BCUT2D eigenvalue weighted by molar-refractivity contribution is 0.0774. The Labute approximate surface area is 112 Å². The Morgan fingerprint density at radius 3 is 2.65 bits per heavy atom. The number of carbonyl (C=O) groups excluding carboxylic acids is 1. The average Bonchev–Trinajstić information content (AvgIpc) is 2.77. The first-order valence-electron chi connectivity index (χ1n) is 5.74. The molecule has 0 aliphatic heterocycles. The molecule has 1 aromatic heterocycles. The smallest absolute Gasteiger partial charge is 0.263 e. The molecule has 0 unspecified atom stereocenters. The molecule has 1 amide bonds. The Bertz CT molecular complexity index is 401. The number of nitrogens with zero attached hydrogens (tertiary/aromatic N) is 1. The normalized spacial score (nSPS) is 10.2. The Morgan fingerprint density at radius 1 is 1.47 bits per heavy atom. The highest BCUT2D eigenvalue weighted by Gasteiger charge is 2.15. The van der Waals surface area contributed by atoms with Crippen LogP contribution in [0.2, 0.25) is 0 Å². The maximum Gasteiger partial charge on any atom is 0.263 e. The highest BCUT2D eigenvalue weighted by Crippen LogP contribution is 2.18. The number of carbonyl (C=O) groups is 1. The highest BCUT2D eigenvalue weighted by molar-refractivity contribution is 7.80. The van der Waals surface area contributed by atoms with Crippen LogP contribution in [0, 0.1) is 0 Å². The topological polar surface area (TPSA) is 46.3 Å². The molecule has 0 aromatic carbocycles. The molecule has 0 spiro atoms. The van der Waals surface area contributed by atoms with E-state index in [4.69, 9.17) is 18.0 Å². The van der Waals surface area contributed by atoms with Crippen LogP contribution in [0.3, 0.4) is 0 Å². The second-order valence-electron chi connectivity index (χ2n) is 3.72. The summed E-state index contributed by atoms with van der Waals surface area (Å²) in [5, 5.41) is 0. The van der Waals surface area contributed by atoms with E-state index < -0.39 is 0 Å². The zero-order chi connectivity index (χ0) is 12.8. The summed E-state index contributed by atoms with van der Waals surface area (Å²) in [5.74, 6) is 0.0773. The van der Waals surface area contributed by atoms with Crippen LogP contribution in [0.15, 0.2) is 12.1 Å². The molecule has 1 heterocycles. The molecule has 0 atom stereocenters. The number of hydrogen-bond acceptors (Lipinski definition) is 3. The predicted octanol–water partition coefficient (Wildman–Crippen LogP) is 2.45. The molecule has 2 N–H and O–H groups in total. The Balaban J connectivity index is 2.68. The zero-order valence-electron chi connectivity index (χ0n) is 10.2. The Hall–Kier alpha value is -0.940. The minimum Gasteiger partial charge on any atom is -0.393 e. The van der Waals surface area contributed by atoms with Gasteiger partial charge in [0.25, 0.3) is 5.91 Å². The summed E-state index contributed by atoms with van der Waals surface area (Å²) in [7, 11) is 0. The molecule has 3 nitrogen and oxygen atoms in total. The van der Waals surface area contributed by atoms with E-state index in [2.05, 4.69) is 6.92 Å². The summed E-state index contributed by atoms with van der Waals surface area (Å²) in [6.07, 6.45) is 1.55. The van der Waals surface area contributed by atoms with Crippen molar-refractivity contribution in [3.63, 3.8) is 0 Å². The summed E-state index contributed by atoms with van der Waals surface area (Å²) >= 11 is 6.39. The highest BCUT2D eigenvalue weighted by atomic mass is 32.1. The maximum absolute atomic E-state index is 12.2. The van der Waals surface area contributed by atoms with Crippen molar-refractivity contribution >= 4 is 34.5 Å². The third-order valence-corrected chi connectivity index (χ3v) is 3.94. The van der Waals surface area contributed by atoms with Crippen LogP contribution in [-0.4, -0.2) is 28.9 Å². The van der Waals surface area contributed by atoms with Crippen molar-refractivity contribution in [1.29, 1.82) is 0 Å². The molecule has 0 saturated carbocycles. The zero-order valence-corrected chi connectivity index (χ0v) is 11.9. The molecular weight excluding hydrogens is 252 g/mol. The number of amides is 1. The number of thiophene rings is 1. The van der Waals surface area contributed by atoms with Crippen molar-refractivity contribution in [2.45, 2.75) is 26.7 Å². The predicted molar refractivity (Wildman–Crippen MR) is 76.7 cm³/mol. The fourth-order valence-corrected chi connectivity index (χ4v) is 2.49. The largest absolute Gasteiger partial charge is 0.393 e. The fraction of sp³-hybridized carbons (Fsp3) is 0.500. The second-order valence-corrected chi connectivity index (χ2v) is 5.41. The molecule has 0 bridgehead atoms. The van der Waals surface area contributed by atoms with E-state index in [1.807, 2.05) is 19.1 Å². The molecule has 0 aliphatic carbocycles. The quantitative estimate of drug-likeness (QED) is 0.808. The van der Waals surface area contributed by atoms with Gasteiger partial charge in [-0.1, -0.05) is 19.1 Å². The van der Waals surface area contributed by atoms with Crippen LogP contribution in [-0.2, 0) is 6.42 Å². The van der Waals surface area contributed by atoms with E-state index in [-0.39, 0.29) is 5.91 Å². The minimum absolute atomic E-state index is 0.0773. The van der Waals surface area contributed by atoms with Gasteiger partial charge in [0, 0.05) is 24.4 Å². The van der Waals surface area contributed by atoms with Crippen molar-refractivity contribution in [3.05, 3.63) is 21.9 Å². The molecule has 17 heavy (non-hydrogen) atoms. The SMILES string of the molecule is CCc1ccc(C(=O)N(CC)CCC(N)=S)s1. The first-order valence-corrected chi connectivity index (χ1v) is 6.97. The van der Waals surface area contributed by atoms with Gasteiger partial charge in [0.15, 0.2) is 0 Å². The minimum atomic E-state index is 0.0773. The number of aryl methyl sites for hydroxylation is 1. The van der Waals surface area contributed by atoms with E-state index in [9.17, 15) is 4.79 Å². The summed E-state index contributed by atoms with van der Waals surface area (Å²) in [6, 6.07) is 3.91. The lowest BCUT2D eigenvalue weighted by Gasteiger charge is -2.19. The summed E-state index contributed by atoms with van der Waals surface area (Å²) in [4.78, 5) is 16.4. The second kappa shape index (κ2) is 6.71. The first kappa shape index (κ1) is 14.1. The van der Waals surface area contributed by atoms with Crippen molar-refractivity contribution in [3.8, 4) is 0 Å². The molecule has 1 rings (SSSR count). The number of hydrogen-bond donors (Lipinski definition) is 1. The van der Waals surface area contributed by atoms with Gasteiger partial charge in [-0.15, -0.1) is 11.3 Å². The van der Waals surface area contributed by atoms with Crippen LogP contribution in [0.25, 0.3) is 0 Å². The van der Waals surface area contributed by atoms with Gasteiger partial charge in [-0.05, 0) is 25.5 Å². The molecule has 1 aromatic rings. The van der Waals surface area contributed by atoms with Gasteiger partial charge in [0.05, 0.1) is 9.87 Å². The summed E-state index contributed by atoms with van der Waals surface area (Å²) < 4.78 is 0. The van der Waals surface area contributed by atoms with E-state index in [1.165, 1.54) is 4.88 Å². The molecule has 0 saturated heterocycles. The van der Waals surface area contributed by atoms with Crippen LogP contribution in [0.1, 0.15) is 34.8 Å². The van der Waals surface area contributed by atoms with Crippen molar-refractivity contribution in [1.82, 2.24) is 4.90 Å². The summed E-state index contributed by atoms with van der Waals surface area (Å²) in [5.41, 5.74) is 5.46. The van der Waals surface area contributed by atoms with Gasteiger partial charge in [0.2, 0.25) is 0 Å². The average molecular weight is 270 g/mol. The number of nitrogens with two attached hydrogens (primary N) is 1. The van der Waals surface area contributed by atoms with Crippen LogP contribution in [0.5, 0.6) is 0 Å². The fourth-order valence-electron chi connectivity index (χ4n) is 1.49. The standard InChI is InChI=1S/C12H18N2OS2/c1-3-9-5-6-10(17-9)12(15)14(4-2)8-7-11(13)16/h5-6H,3-4,7-8H2,1-2H3,(H2,13,16). The first-order chi connectivity index (χ1) is 8.08. The van der Waals surface area contributed by atoms with Gasteiger partial charge in [-0.2, -0.15) is 0 Å². The van der Waals surface area contributed by atoms with Crippen molar-refractivity contribution in [2.75, 3.05) is 13.1 Å². The van der Waals surface area contributed by atoms with Crippen LogP contribution < -0.4 is 5.73 Å². The third kappa shape index (κ3) is 4.09. The number of rotatable bonds is 6. The van der Waals surface area contributed by atoms with E-state index in [0.29, 0.717) is 24.5 Å². The van der Waals surface area contributed by atoms with Crippen LogP contribution in [0.4, 0.5) is 0 Å². The lowest BCUT2D eigenvalue weighted by Crippen LogP contribution is -2.33. The van der Waals surface area contributed by atoms with E-state index in [1.54, 1.807) is 16.2 Å². The van der Waals surface area contributed by atoms with Gasteiger partial charge in [0.1, 0.15) is 0 Å². The maximum atomic E-state index is 12.2. The molecule has 0 radical (unpaired) electrons. The molecular formula is C12H18N2OS2. The third-order valence-electron chi connectivity index (χ3n) is 2.52. The molecule has 0 aliphatic rings. The van der Waals surface area contributed by atoms with Gasteiger partial charge in [-0.25, -0.2) is 0 Å². The monoisotopic (exact) mass is 270 g/mol. The number of thiocarbonyl (C=S) groups is 1. The van der Waals surface area contributed by atoms with Gasteiger partial charge in [-0.3, -0.25) is 4.79 Å². The van der Waals surface area contributed by atoms with E-state index in [0.717, 1.165) is 11.3 Å². The molecule has 94 valence electrons. The van der Waals surface area contributed by atoms with Crippen molar-refractivity contribution < 1.29 is 4.79 Å². The van der Waals surface area contributed by atoms with E-state index >= 15 is 0 Å².